The molecule has 1 aromatic heterocycles. The zero-order valence-electron chi connectivity index (χ0n) is 12.4. The van der Waals surface area contributed by atoms with Crippen molar-refractivity contribution < 1.29 is 4.79 Å². The molecule has 0 radical (unpaired) electrons. The van der Waals surface area contributed by atoms with Crippen molar-refractivity contribution >= 4 is 5.91 Å². The van der Waals surface area contributed by atoms with Gasteiger partial charge in [0.1, 0.15) is 0 Å². The van der Waals surface area contributed by atoms with E-state index in [1.54, 1.807) is 0 Å². The summed E-state index contributed by atoms with van der Waals surface area (Å²) in [6.45, 7) is 10.6. The molecular formula is C14H26N4O. The van der Waals surface area contributed by atoms with E-state index >= 15 is 0 Å². The number of carbonyl (C=O) groups excluding carboxylic acids is 1. The number of amides is 1. The van der Waals surface area contributed by atoms with Crippen LogP contribution in [0.5, 0.6) is 0 Å². The Bertz CT molecular complexity index is 385. The summed E-state index contributed by atoms with van der Waals surface area (Å²) >= 11 is 0. The fraction of sp³-hybridized carbons (Fsp3) is 0.714. The number of nitrogens with zero attached hydrogens (tertiary/aromatic N) is 2. The van der Waals surface area contributed by atoms with E-state index in [1.165, 1.54) is 0 Å². The van der Waals surface area contributed by atoms with Gasteiger partial charge in [-0.2, -0.15) is 0 Å². The van der Waals surface area contributed by atoms with Crippen LogP contribution in [-0.2, 0) is 11.3 Å². The molecule has 108 valence electrons. The fourth-order valence-electron chi connectivity index (χ4n) is 1.76. The first-order valence-electron chi connectivity index (χ1n) is 6.98. The van der Waals surface area contributed by atoms with Gasteiger partial charge in [0.05, 0.1) is 12.0 Å². The van der Waals surface area contributed by atoms with Crippen LogP contribution in [0.1, 0.15) is 45.9 Å². The molecule has 0 aliphatic carbocycles. The van der Waals surface area contributed by atoms with Gasteiger partial charge in [0.25, 0.3) is 0 Å². The molecule has 2 N–H and O–H groups in total. The van der Waals surface area contributed by atoms with Crippen molar-refractivity contribution in [2.75, 3.05) is 13.1 Å². The molecule has 0 spiro atoms. The molecule has 0 saturated carbocycles. The van der Waals surface area contributed by atoms with Crippen LogP contribution >= 0.6 is 0 Å². The summed E-state index contributed by atoms with van der Waals surface area (Å²) in [5.41, 5.74) is 1.15. The molecule has 0 saturated heterocycles. The third-order valence-electron chi connectivity index (χ3n) is 2.85. The van der Waals surface area contributed by atoms with Crippen LogP contribution in [0.15, 0.2) is 12.5 Å². The molecule has 1 amide bonds. The Hall–Kier alpha value is -1.36. The monoisotopic (exact) mass is 266 g/mol. The smallest absolute Gasteiger partial charge is 0.221 e. The van der Waals surface area contributed by atoms with Crippen LogP contribution in [0.2, 0.25) is 0 Å². The summed E-state index contributed by atoms with van der Waals surface area (Å²) in [7, 11) is 0. The molecule has 0 aliphatic rings. The zero-order chi connectivity index (χ0) is 14.3. The van der Waals surface area contributed by atoms with Gasteiger partial charge in [0, 0.05) is 38.3 Å². The Morgan fingerprint density at radius 2 is 2.11 bits per heavy atom. The summed E-state index contributed by atoms with van der Waals surface area (Å²) < 4.78 is 2.13. The van der Waals surface area contributed by atoms with Gasteiger partial charge in [-0.3, -0.25) is 4.79 Å². The van der Waals surface area contributed by atoms with Crippen molar-refractivity contribution in [1.82, 2.24) is 20.2 Å². The van der Waals surface area contributed by atoms with E-state index in [-0.39, 0.29) is 5.91 Å². The summed E-state index contributed by atoms with van der Waals surface area (Å²) in [6.07, 6.45) is 4.23. The molecule has 0 bridgehead atoms. The first kappa shape index (κ1) is 15.7. The summed E-state index contributed by atoms with van der Waals surface area (Å²) in [5, 5.41) is 6.19. The average Bonchev–Trinajstić information content (AvgIpc) is 2.80. The predicted octanol–water partition coefficient (Wildman–Crippen LogP) is 1.72. The molecule has 19 heavy (non-hydrogen) atoms. The molecule has 0 fully saturated rings. The Kier molecular flexibility index (Phi) is 6.56. The predicted molar refractivity (Wildman–Crippen MR) is 76.8 cm³/mol. The van der Waals surface area contributed by atoms with Crippen molar-refractivity contribution in [3.8, 4) is 0 Å². The number of hydrogen-bond acceptors (Lipinski definition) is 3. The highest BCUT2D eigenvalue weighted by atomic mass is 16.1. The zero-order valence-corrected chi connectivity index (χ0v) is 12.4. The van der Waals surface area contributed by atoms with Gasteiger partial charge in [-0.05, 0) is 19.8 Å². The van der Waals surface area contributed by atoms with Crippen LogP contribution in [0.25, 0.3) is 0 Å². The number of imidazole rings is 1. The first-order chi connectivity index (χ1) is 9.00. The molecule has 5 nitrogen and oxygen atoms in total. The van der Waals surface area contributed by atoms with Gasteiger partial charge in [-0.25, -0.2) is 4.98 Å². The fourth-order valence-corrected chi connectivity index (χ4v) is 1.76. The van der Waals surface area contributed by atoms with Gasteiger partial charge in [0.2, 0.25) is 5.91 Å². The number of rotatable bonds is 8. The van der Waals surface area contributed by atoms with Gasteiger partial charge in [-0.1, -0.05) is 13.8 Å². The van der Waals surface area contributed by atoms with Gasteiger partial charge >= 0.3 is 0 Å². The molecule has 1 aromatic rings. The third-order valence-corrected chi connectivity index (χ3v) is 2.85. The lowest BCUT2D eigenvalue weighted by Crippen LogP contribution is -2.30. The van der Waals surface area contributed by atoms with Crippen molar-refractivity contribution in [2.24, 2.45) is 5.92 Å². The van der Waals surface area contributed by atoms with Crippen LogP contribution in [0.3, 0.4) is 0 Å². The van der Waals surface area contributed by atoms with E-state index in [0.717, 1.165) is 18.8 Å². The lowest BCUT2D eigenvalue weighted by molar-refractivity contribution is -0.121. The highest BCUT2D eigenvalue weighted by Crippen LogP contribution is 2.08. The molecule has 0 aromatic carbocycles. The Morgan fingerprint density at radius 1 is 1.37 bits per heavy atom. The van der Waals surface area contributed by atoms with Gasteiger partial charge in [-0.15, -0.1) is 0 Å². The minimum Gasteiger partial charge on any atom is -0.356 e. The highest BCUT2D eigenvalue weighted by molar-refractivity contribution is 5.76. The van der Waals surface area contributed by atoms with Gasteiger partial charge < -0.3 is 15.2 Å². The summed E-state index contributed by atoms with van der Waals surface area (Å²) in [6, 6.07) is 0.411. The SMILES string of the molecule is CC(C)CNC(=O)CCNCc1cncn1C(C)C. The van der Waals surface area contributed by atoms with E-state index in [4.69, 9.17) is 0 Å². The highest BCUT2D eigenvalue weighted by Gasteiger charge is 2.05. The van der Waals surface area contributed by atoms with Crippen LogP contribution in [-0.4, -0.2) is 28.5 Å². The van der Waals surface area contributed by atoms with Crippen LogP contribution in [0, 0.1) is 5.92 Å². The quantitative estimate of drug-likeness (QED) is 0.704. The topological polar surface area (TPSA) is 59.0 Å². The standard InChI is InChI=1S/C14H26N4O/c1-11(2)7-17-14(19)5-6-15-8-13-9-16-10-18(13)12(3)4/h9-12,15H,5-8H2,1-4H3,(H,17,19). The lowest BCUT2D eigenvalue weighted by Gasteiger charge is -2.12. The Morgan fingerprint density at radius 3 is 2.74 bits per heavy atom. The summed E-state index contributed by atoms with van der Waals surface area (Å²) in [5.74, 6) is 0.607. The summed E-state index contributed by atoms with van der Waals surface area (Å²) in [4.78, 5) is 15.7. The second-order valence-electron chi connectivity index (χ2n) is 5.51. The molecular weight excluding hydrogens is 240 g/mol. The molecule has 0 aliphatic heterocycles. The van der Waals surface area contributed by atoms with Crippen molar-refractivity contribution in [2.45, 2.75) is 46.7 Å². The number of aromatic nitrogens is 2. The largest absolute Gasteiger partial charge is 0.356 e. The lowest BCUT2D eigenvalue weighted by atomic mass is 10.2. The first-order valence-corrected chi connectivity index (χ1v) is 6.98. The minimum absolute atomic E-state index is 0.110. The Labute approximate surface area is 115 Å². The molecule has 1 rings (SSSR count). The molecule has 1 heterocycles. The van der Waals surface area contributed by atoms with Crippen LogP contribution < -0.4 is 10.6 Å². The molecule has 5 heteroatoms. The third kappa shape index (κ3) is 5.87. The van der Waals surface area contributed by atoms with Gasteiger partial charge in [0.15, 0.2) is 0 Å². The Balaban J connectivity index is 2.20. The average molecular weight is 266 g/mol. The normalized spacial score (nSPS) is 11.3. The van der Waals surface area contributed by atoms with Crippen molar-refractivity contribution in [3.63, 3.8) is 0 Å². The van der Waals surface area contributed by atoms with Crippen molar-refractivity contribution in [3.05, 3.63) is 18.2 Å². The number of carbonyl (C=O) groups is 1. The van der Waals surface area contributed by atoms with E-state index < -0.39 is 0 Å². The molecule has 0 unspecified atom stereocenters. The second kappa shape index (κ2) is 7.94. The van der Waals surface area contributed by atoms with E-state index in [9.17, 15) is 4.79 Å². The maximum Gasteiger partial charge on any atom is 0.221 e. The minimum atomic E-state index is 0.110. The van der Waals surface area contributed by atoms with Crippen molar-refractivity contribution in [1.29, 1.82) is 0 Å². The van der Waals surface area contributed by atoms with Crippen LogP contribution in [0.4, 0.5) is 0 Å². The maximum atomic E-state index is 11.5. The van der Waals surface area contributed by atoms with E-state index in [1.807, 2.05) is 12.5 Å². The molecule has 0 atom stereocenters. The number of nitrogens with one attached hydrogen (secondary N) is 2. The number of hydrogen-bond donors (Lipinski definition) is 2. The second-order valence-corrected chi connectivity index (χ2v) is 5.51. The maximum absolute atomic E-state index is 11.5. The van der Waals surface area contributed by atoms with E-state index in [2.05, 4.69) is 47.9 Å². The van der Waals surface area contributed by atoms with E-state index in [0.29, 0.717) is 24.9 Å².